The third-order valence-electron chi connectivity index (χ3n) is 5.51. The minimum Gasteiger partial charge on any atom is -0.461 e. The molecule has 3 aromatic rings. The van der Waals surface area contributed by atoms with Crippen LogP contribution in [-0.4, -0.2) is 67.9 Å². The Kier molecular flexibility index (Phi) is 6.47. The molecule has 1 aliphatic heterocycles. The summed E-state index contributed by atoms with van der Waals surface area (Å²) in [5.41, 5.74) is 3.56. The predicted octanol–water partition coefficient (Wildman–Crippen LogP) is 1.49. The zero-order valence-electron chi connectivity index (χ0n) is 16.9. The van der Waals surface area contributed by atoms with Gasteiger partial charge in [0.25, 0.3) is 0 Å². The third kappa shape index (κ3) is 4.55. The molecule has 4 rings (SSSR count). The fourth-order valence-electron chi connectivity index (χ4n) is 3.79. The van der Waals surface area contributed by atoms with Gasteiger partial charge in [-0.15, -0.1) is 0 Å². The number of ether oxygens (including phenoxy) is 2. The highest BCUT2D eigenvalue weighted by molar-refractivity contribution is 6.30. The second-order valence-electron chi connectivity index (χ2n) is 7.80. The standard InChI is InChI=1S/C22H25ClN2O6/c1-11-8-15-18(14(24-25-15)7-4-12-2-5-13(23)6-3-12)16(9-11)30-22-21(29)20(28)19(27)17(10-26)31-22/h2-3,5-6,8-9,17,19-22,26-29H,4,7,10H2,1H3,(H,24,25). The normalized spacial score (nSPS) is 26.3. The fraction of sp³-hybridized carbons (Fsp3) is 0.409. The highest BCUT2D eigenvalue weighted by Crippen LogP contribution is 2.33. The Bertz CT molecular complexity index is 1040. The van der Waals surface area contributed by atoms with E-state index in [9.17, 15) is 20.4 Å². The maximum absolute atomic E-state index is 10.3. The van der Waals surface area contributed by atoms with Crippen molar-refractivity contribution in [3.63, 3.8) is 0 Å². The summed E-state index contributed by atoms with van der Waals surface area (Å²) in [6.07, 6.45) is -5.34. The van der Waals surface area contributed by atoms with E-state index in [0.29, 0.717) is 22.7 Å². The first-order chi connectivity index (χ1) is 14.9. The van der Waals surface area contributed by atoms with Crippen molar-refractivity contribution in [2.45, 2.75) is 50.5 Å². The summed E-state index contributed by atoms with van der Waals surface area (Å²) in [5.74, 6) is 0.430. The van der Waals surface area contributed by atoms with Crippen molar-refractivity contribution < 1.29 is 29.9 Å². The van der Waals surface area contributed by atoms with Crippen LogP contribution in [0.25, 0.3) is 10.9 Å². The molecule has 1 aromatic heterocycles. The Morgan fingerprint density at radius 1 is 1.06 bits per heavy atom. The molecule has 0 bridgehead atoms. The molecule has 2 heterocycles. The van der Waals surface area contributed by atoms with Crippen LogP contribution in [0.2, 0.25) is 5.02 Å². The van der Waals surface area contributed by atoms with Crippen LogP contribution >= 0.6 is 11.6 Å². The summed E-state index contributed by atoms with van der Waals surface area (Å²) in [7, 11) is 0. The lowest BCUT2D eigenvalue weighted by Crippen LogP contribution is -2.60. The lowest BCUT2D eigenvalue weighted by atomic mass is 9.99. The number of halogens is 1. The number of nitrogens with zero attached hydrogens (tertiary/aromatic N) is 1. The summed E-state index contributed by atoms with van der Waals surface area (Å²) >= 11 is 5.96. The summed E-state index contributed by atoms with van der Waals surface area (Å²) < 4.78 is 11.5. The van der Waals surface area contributed by atoms with Crippen molar-refractivity contribution in [1.29, 1.82) is 0 Å². The van der Waals surface area contributed by atoms with Gasteiger partial charge < -0.3 is 29.9 Å². The maximum atomic E-state index is 10.3. The first-order valence-corrected chi connectivity index (χ1v) is 10.4. The second-order valence-corrected chi connectivity index (χ2v) is 8.24. The number of fused-ring (bicyclic) bond motifs is 1. The first kappa shape index (κ1) is 22.0. The molecule has 0 amide bonds. The van der Waals surface area contributed by atoms with Crippen molar-refractivity contribution in [1.82, 2.24) is 10.2 Å². The number of H-pyrrole nitrogens is 1. The van der Waals surface area contributed by atoms with E-state index in [1.165, 1.54) is 0 Å². The topological polar surface area (TPSA) is 128 Å². The van der Waals surface area contributed by atoms with Crippen LogP contribution in [0.3, 0.4) is 0 Å². The fourth-order valence-corrected chi connectivity index (χ4v) is 3.92. The largest absolute Gasteiger partial charge is 0.461 e. The molecule has 5 atom stereocenters. The minimum atomic E-state index is -1.51. The summed E-state index contributed by atoms with van der Waals surface area (Å²) in [6, 6.07) is 11.3. The zero-order valence-corrected chi connectivity index (χ0v) is 17.7. The molecule has 0 saturated carbocycles. The average Bonchev–Trinajstić information content (AvgIpc) is 3.16. The van der Waals surface area contributed by atoms with E-state index >= 15 is 0 Å². The van der Waals surface area contributed by atoms with E-state index in [2.05, 4.69) is 10.2 Å². The molecule has 5 N–H and O–H groups in total. The van der Waals surface area contributed by atoms with E-state index in [4.69, 9.17) is 21.1 Å². The number of aliphatic hydroxyl groups excluding tert-OH is 4. The molecule has 2 aromatic carbocycles. The molecule has 1 saturated heterocycles. The minimum absolute atomic E-state index is 0.430. The van der Waals surface area contributed by atoms with Crippen LogP contribution < -0.4 is 4.74 Å². The van der Waals surface area contributed by atoms with E-state index < -0.39 is 37.3 Å². The van der Waals surface area contributed by atoms with Gasteiger partial charge in [-0.05, 0) is 55.2 Å². The Labute approximate surface area is 184 Å². The highest BCUT2D eigenvalue weighted by atomic mass is 35.5. The van der Waals surface area contributed by atoms with Crippen LogP contribution in [0, 0.1) is 6.92 Å². The van der Waals surface area contributed by atoms with E-state index in [1.54, 1.807) is 6.07 Å². The molecule has 1 fully saturated rings. The molecule has 31 heavy (non-hydrogen) atoms. The van der Waals surface area contributed by atoms with Gasteiger partial charge in [-0.1, -0.05) is 23.7 Å². The van der Waals surface area contributed by atoms with Crippen LogP contribution in [0.15, 0.2) is 36.4 Å². The van der Waals surface area contributed by atoms with Crippen LogP contribution in [0.1, 0.15) is 16.8 Å². The molecule has 8 nitrogen and oxygen atoms in total. The number of benzene rings is 2. The number of aryl methyl sites for hydroxylation is 3. The molecule has 9 heteroatoms. The van der Waals surface area contributed by atoms with Crippen LogP contribution in [0.5, 0.6) is 5.75 Å². The summed E-state index contributed by atoms with van der Waals surface area (Å²) in [4.78, 5) is 0. The van der Waals surface area contributed by atoms with Crippen LogP contribution in [-0.2, 0) is 17.6 Å². The number of hydrogen-bond acceptors (Lipinski definition) is 7. The number of hydrogen-bond donors (Lipinski definition) is 5. The molecule has 0 aliphatic carbocycles. The van der Waals surface area contributed by atoms with Crippen molar-refractivity contribution in [2.75, 3.05) is 6.61 Å². The number of nitrogens with one attached hydrogen (secondary N) is 1. The second kappa shape index (κ2) is 9.12. The Balaban J connectivity index is 1.61. The van der Waals surface area contributed by atoms with Crippen molar-refractivity contribution >= 4 is 22.5 Å². The molecule has 166 valence electrons. The number of aliphatic hydroxyl groups is 4. The molecule has 1 aliphatic rings. The smallest absolute Gasteiger partial charge is 0.229 e. The van der Waals surface area contributed by atoms with Gasteiger partial charge in [0.05, 0.1) is 17.5 Å². The number of aromatic amines is 1. The maximum Gasteiger partial charge on any atom is 0.229 e. The Hall–Kier alpha value is -2.20. The predicted molar refractivity (Wildman–Crippen MR) is 114 cm³/mol. The number of aromatic nitrogens is 2. The van der Waals surface area contributed by atoms with E-state index in [0.717, 1.165) is 28.6 Å². The Morgan fingerprint density at radius 3 is 2.52 bits per heavy atom. The van der Waals surface area contributed by atoms with Crippen LogP contribution in [0.4, 0.5) is 0 Å². The highest BCUT2D eigenvalue weighted by Gasteiger charge is 2.44. The molecule has 0 radical (unpaired) electrons. The third-order valence-corrected chi connectivity index (χ3v) is 5.76. The molecule has 0 spiro atoms. The van der Waals surface area contributed by atoms with E-state index in [1.807, 2.05) is 37.3 Å². The molecular weight excluding hydrogens is 424 g/mol. The van der Waals surface area contributed by atoms with Gasteiger partial charge in [-0.2, -0.15) is 5.10 Å². The van der Waals surface area contributed by atoms with Crippen molar-refractivity contribution in [2.24, 2.45) is 0 Å². The lowest BCUT2D eigenvalue weighted by Gasteiger charge is -2.39. The Morgan fingerprint density at radius 2 is 1.81 bits per heavy atom. The van der Waals surface area contributed by atoms with Crippen molar-refractivity contribution in [3.05, 3.63) is 58.2 Å². The van der Waals surface area contributed by atoms with Gasteiger partial charge in [0.1, 0.15) is 30.2 Å². The van der Waals surface area contributed by atoms with Gasteiger partial charge in [0.2, 0.25) is 6.29 Å². The van der Waals surface area contributed by atoms with Gasteiger partial charge >= 0.3 is 0 Å². The van der Waals surface area contributed by atoms with Gasteiger partial charge in [-0.25, -0.2) is 0 Å². The first-order valence-electron chi connectivity index (χ1n) is 10.1. The monoisotopic (exact) mass is 448 g/mol. The quantitative estimate of drug-likeness (QED) is 0.386. The van der Waals surface area contributed by atoms with Gasteiger partial charge in [0.15, 0.2) is 0 Å². The van der Waals surface area contributed by atoms with Gasteiger partial charge in [0, 0.05) is 10.7 Å². The van der Waals surface area contributed by atoms with E-state index in [-0.39, 0.29) is 0 Å². The zero-order chi connectivity index (χ0) is 22.1. The average molecular weight is 449 g/mol. The number of rotatable bonds is 6. The molecular formula is C22H25ClN2O6. The lowest BCUT2D eigenvalue weighted by molar-refractivity contribution is -0.277. The summed E-state index contributed by atoms with van der Waals surface area (Å²) in [6.45, 7) is 1.37. The SMILES string of the molecule is Cc1cc(OC2OC(CO)C(O)C(O)C2O)c2c(CCc3ccc(Cl)cc3)[nH]nc2c1. The summed E-state index contributed by atoms with van der Waals surface area (Å²) in [5, 5.41) is 48.7. The van der Waals surface area contributed by atoms with Gasteiger partial charge in [-0.3, -0.25) is 5.10 Å². The molecule has 5 unspecified atom stereocenters. The van der Waals surface area contributed by atoms with Crippen molar-refractivity contribution in [3.8, 4) is 5.75 Å².